The second-order valence-electron chi connectivity index (χ2n) is 2.84. The molecule has 5 heteroatoms. The van der Waals surface area contributed by atoms with Gasteiger partial charge >= 0.3 is 5.97 Å². The first-order valence-electron chi connectivity index (χ1n) is 4.18. The van der Waals surface area contributed by atoms with Gasteiger partial charge in [-0.15, -0.1) is 5.11 Å². The van der Waals surface area contributed by atoms with Crippen LogP contribution in [0.3, 0.4) is 0 Å². The van der Waals surface area contributed by atoms with Gasteiger partial charge in [0.2, 0.25) is 5.70 Å². The van der Waals surface area contributed by atoms with Gasteiger partial charge < -0.3 is 9.84 Å². The smallest absolute Gasteiger partial charge is 0.362 e. The van der Waals surface area contributed by atoms with E-state index < -0.39 is 5.97 Å². The molecule has 5 nitrogen and oxygen atoms in total. The Kier molecular flexibility index (Phi) is 3.00. The normalized spacial score (nSPS) is 17.6. The highest BCUT2D eigenvalue weighted by Crippen LogP contribution is 2.36. The van der Waals surface area contributed by atoms with Crippen molar-refractivity contribution >= 4 is 5.97 Å². The van der Waals surface area contributed by atoms with Crippen molar-refractivity contribution in [2.24, 2.45) is 11.0 Å². The van der Waals surface area contributed by atoms with Crippen molar-refractivity contribution in [2.45, 2.75) is 19.8 Å². The van der Waals surface area contributed by atoms with Crippen LogP contribution in [0.5, 0.6) is 0 Å². The van der Waals surface area contributed by atoms with E-state index in [1.807, 2.05) is 0 Å². The molecule has 0 aromatic carbocycles. The minimum Gasteiger partial charge on any atom is -0.509 e. The summed E-state index contributed by atoms with van der Waals surface area (Å²) in [5.41, 5.74) is 6.47. The van der Waals surface area contributed by atoms with Gasteiger partial charge in [-0.25, -0.2) is 10.3 Å². The molecule has 0 unspecified atom stereocenters. The number of aliphatic hydroxyl groups is 1. The molecule has 2 N–H and O–H groups in total. The van der Waals surface area contributed by atoms with Crippen LogP contribution < -0.4 is 0 Å². The summed E-state index contributed by atoms with van der Waals surface area (Å²) in [6.07, 6.45) is 1.70. The summed E-state index contributed by atoms with van der Waals surface area (Å²) in [4.78, 5) is 11.1. The van der Waals surface area contributed by atoms with Gasteiger partial charge in [0.15, 0.2) is 0 Å². The first-order chi connectivity index (χ1) is 6.20. The van der Waals surface area contributed by atoms with Crippen molar-refractivity contribution in [2.75, 3.05) is 6.61 Å². The summed E-state index contributed by atoms with van der Waals surface area (Å²) in [6.45, 7) is 1.88. The Bertz CT molecular complexity index is 256. The zero-order valence-electron chi connectivity index (χ0n) is 7.41. The summed E-state index contributed by atoms with van der Waals surface area (Å²) in [5.74, 6) is -0.816. The number of ether oxygens (including phenoxy) is 1. The average molecular weight is 184 g/mol. The SMILES string of the molecule is CCOC(=O)C(N=N)=C(O)C1CC1. The van der Waals surface area contributed by atoms with Gasteiger partial charge in [-0.05, 0) is 19.8 Å². The van der Waals surface area contributed by atoms with Crippen molar-refractivity contribution in [1.29, 1.82) is 5.53 Å². The molecule has 0 spiro atoms. The summed E-state index contributed by atoms with van der Waals surface area (Å²) in [7, 11) is 0. The van der Waals surface area contributed by atoms with Crippen LogP contribution in [0.15, 0.2) is 16.6 Å². The summed E-state index contributed by atoms with van der Waals surface area (Å²) < 4.78 is 4.62. The van der Waals surface area contributed by atoms with E-state index in [-0.39, 0.29) is 24.0 Å². The molecule has 0 radical (unpaired) electrons. The molecule has 0 aromatic heterocycles. The summed E-state index contributed by atoms with van der Waals surface area (Å²) >= 11 is 0. The Balaban J connectivity index is 2.74. The number of aliphatic hydroxyl groups excluding tert-OH is 1. The molecule has 0 heterocycles. The van der Waals surface area contributed by atoms with E-state index in [9.17, 15) is 9.90 Å². The highest BCUT2D eigenvalue weighted by atomic mass is 16.5. The van der Waals surface area contributed by atoms with Crippen LogP contribution in [-0.4, -0.2) is 17.7 Å². The van der Waals surface area contributed by atoms with Gasteiger partial charge in [-0.2, -0.15) is 0 Å². The minimum atomic E-state index is -0.720. The van der Waals surface area contributed by atoms with Gasteiger partial charge in [-0.3, -0.25) is 0 Å². The second-order valence-corrected chi connectivity index (χ2v) is 2.84. The number of rotatable bonds is 4. The van der Waals surface area contributed by atoms with Crippen molar-refractivity contribution < 1.29 is 14.6 Å². The van der Waals surface area contributed by atoms with E-state index in [0.29, 0.717) is 0 Å². The molecule has 0 aromatic rings. The fourth-order valence-corrected chi connectivity index (χ4v) is 0.957. The van der Waals surface area contributed by atoms with Crippen molar-refractivity contribution in [3.05, 3.63) is 11.5 Å². The van der Waals surface area contributed by atoms with Gasteiger partial charge in [0.05, 0.1) is 6.61 Å². The third-order valence-electron chi connectivity index (χ3n) is 1.79. The number of carbonyl (C=O) groups is 1. The quantitative estimate of drug-likeness (QED) is 0.302. The van der Waals surface area contributed by atoms with E-state index >= 15 is 0 Å². The van der Waals surface area contributed by atoms with Crippen LogP contribution in [0.25, 0.3) is 0 Å². The van der Waals surface area contributed by atoms with Gasteiger partial charge in [0.1, 0.15) is 5.76 Å². The maximum Gasteiger partial charge on any atom is 0.362 e. The molecule has 0 saturated heterocycles. The molecule has 0 amide bonds. The monoisotopic (exact) mass is 184 g/mol. The highest BCUT2D eigenvalue weighted by molar-refractivity contribution is 5.88. The predicted octanol–water partition coefficient (Wildman–Crippen LogP) is 1.76. The maximum atomic E-state index is 11.1. The molecular formula is C8H12N2O3. The molecule has 13 heavy (non-hydrogen) atoms. The van der Waals surface area contributed by atoms with Crippen LogP contribution in [0.4, 0.5) is 0 Å². The van der Waals surface area contributed by atoms with Crippen molar-refractivity contribution in [3.63, 3.8) is 0 Å². The zero-order valence-corrected chi connectivity index (χ0v) is 7.41. The fraction of sp³-hybridized carbons (Fsp3) is 0.625. The lowest BCUT2D eigenvalue weighted by Gasteiger charge is -2.02. The zero-order chi connectivity index (χ0) is 9.84. The molecule has 72 valence electrons. The predicted molar refractivity (Wildman–Crippen MR) is 44.2 cm³/mol. The van der Waals surface area contributed by atoms with E-state index in [0.717, 1.165) is 12.8 Å². The number of hydrogen-bond acceptors (Lipinski definition) is 5. The lowest BCUT2D eigenvalue weighted by Crippen LogP contribution is -2.09. The minimum absolute atomic E-state index is 0.00788. The largest absolute Gasteiger partial charge is 0.509 e. The van der Waals surface area contributed by atoms with Crippen LogP contribution in [0.1, 0.15) is 19.8 Å². The standard InChI is InChI=1S/C8H12N2O3/c1-2-13-8(12)6(10-9)7(11)5-3-4-5/h5,9,11H,2-4H2,1H3. The number of allylic oxidation sites excluding steroid dienone is 1. The molecule has 0 atom stereocenters. The Morgan fingerprint density at radius 1 is 1.69 bits per heavy atom. The lowest BCUT2D eigenvalue weighted by molar-refractivity contribution is -0.138. The first-order valence-corrected chi connectivity index (χ1v) is 4.18. The second kappa shape index (κ2) is 4.02. The Morgan fingerprint density at radius 3 is 2.69 bits per heavy atom. The number of nitrogens with one attached hydrogen (secondary N) is 1. The molecule has 1 aliphatic rings. The van der Waals surface area contributed by atoms with Crippen molar-refractivity contribution in [3.8, 4) is 0 Å². The number of esters is 1. The third kappa shape index (κ3) is 2.27. The Morgan fingerprint density at radius 2 is 2.31 bits per heavy atom. The van der Waals surface area contributed by atoms with E-state index in [2.05, 4.69) is 9.85 Å². The number of nitrogens with zero attached hydrogens (tertiary/aromatic N) is 1. The molecule has 1 saturated carbocycles. The van der Waals surface area contributed by atoms with Crippen LogP contribution in [-0.2, 0) is 9.53 Å². The first kappa shape index (κ1) is 9.70. The molecular weight excluding hydrogens is 172 g/mol. The molecule has 1 aliphatic carbocycles. The van der Waals surface area contributed by atoms with E-state index in [1.54, 1.807) is 6.92 Å². The van der Waals surface area contributed by atoms with Crippen LogP contribution in [0.2, 0.25) is 0 Å². The van der Waals surface area contributed by atoms with Crippen LogP contribution >= 0.6 is 0 Å². The number of hydrogen-bond donors (Lipinski definition) is 2. The summed E-state index contributed by atoms with van der Waals surface area (Å²) in [6, 6.07) is 0. The molecule has 1 fully saturated rings. The van der Waals surface area contributed by atoms with Gasteiger partial charge in [0, 0.05) is 5.92 Å². The van der Waals surface area contributed by atoms with E-state index in [4.69, 9.17) is 5.53 Å². The topological polar surface area (TPSA) is 82.7 Å². The van der Waals surface area contributed by atoms with Crippen molar-refractivity contribution in [1.82, 2.24) is 0 Å². The Labute approximate surface area is 75.9 Å². The average Bonchev–Trinajstić information content (AvgIpc) is 2.88. The lowest BCUT2D eigenvalue weighted by atomic mass is 10.3. The molecule has 0 bridgehead atoms. The number of carbonyl (C=O) groups excluding carboxylic acids is 1. The molecule has 1 rings (SSSR count). The maximum absolute atomic E-state index is 11.1. The third-order valence-corrected chi connectivity index (χ3v) is 1.79. The highest BCUT2D eigenvalue weighted by Gasteiger charge is 2.31. The van der Waals surface area contributed by atoms with Gasteiger partial charge in [0.25, 0.3) is 0 Å². The Hall–Kier alpha value is -1.39. The fourth-order valence-electron chi connectivity index (χ4n) is 0.957. The van der Waals surface area contributed by atoms with E-state index in [1.165, 1.54) is 0 Å². The van der Waals surface area contributed by atoms with Gasteiger partial charge in [-0.1, -0.05) is 0 Å². The summed E-state index contributed by atoms with van der Waals surface area (Å²) in [5, 5.41) is 12.4. The van der Waals surface area contributed by atoms with Crippen LogP contribution in [0, 0.1) is 11.4 Å². The molecule has 0 aliphatic heterocycles.